The zero-order chi connectivity index (χ0) is 27.9. The Hall–Kier alpha value is -4.25. The number of cyclic esters (lactones) is 2. The van der Waals surface area contributed by atoms with Gasteiger partial charge in [-0.25, -0.2) is 9.59 Å². The molecule has 4 N–H and O–H groups in total. The van der Waals surface area contributed by atoms with Crippen LogP contribution in [0.1, 0.15) is 75.8 Å². The van der Waals surface area contributed by atoms with Crippen LogP contribution in [0.25, 0.3) is 0 Å². The van der Waals surface area contributed by atoms with Gasteiger partial charge in [0.15, 0.2) is 6.10 Å². The third-order valence-electron chi connectivity index (χ3n) is 6.68. The lowest BCUT2D eigenvalue weighted by Crippen LogP contribution is -2.44. The summed E-state index contributed by atoms with van der Waals surface area (Å²) in [5.74, 6) is -5.30. The topological polar surface area (TPSA) is 169 Å². The lowest BCUT2D eigenvalue weighted by atomic mass is 9.93. The highest BCUT2D eigenvalue weighted by molar-refractivity contribution is 5.98. The predicted molar refractivity (Wildman–Crippen MR) is 130 cm³/mol. The van der Waals surface area contributed by atoms with Gasteiger partial charge in [0.2, 0.25) is 0 Å². The number of phenolic OH excluding ortho intramolecular Hbond substituents is 3. The summed E-state index contributed by atoms with van der Waals surface area (Å²) in [5, 5.41) is 41.2. The minimum Gasteiger partial charge on any atom is -0.508 e. The molecule has 1 unspecified atom stereocenters. The molecule has 2 heterocycles. The Morgan fingerprint density at radius 3 is 2.55 bits per heavy atom. The summed E-state index contributed by atoms with van der Waals surface area (Å²) < 4.78 is 20.9. The number of allylic oxidation sites excluding steroid dienone is 2. The number of esters is 3. The number of phenols is 3. The second-order valence-electron chi connectivity index (χ2n) is 9.41. The predicted octanol–water partition coefficient (Wildman–Crippen LogP) is 3.22. The highest BCUT2D eigenvalue weighted by atomic mass is 16.7. The molecule has 2 aliphatic rings. The van der Waals surface area contributed by atoms with Gasteiger partial charge in [0.25, 0.3) is 5.79 Å². The van der Waals surface area contributed by atoms with Crippen molar-refractivity contribution in [3.63, 3.8) is 0 Å². The quantitative estimate of drug-likeness (QED) is 0.236. The number of aromatic hydroxyl groups is 3. The average molecular weight is 529 g/mol. The number of fused-ring (bicyclic) bond motifs is 2. The fraction of sp³-hybridized carbons (Fsp3) is 0.370. The molecule has 0 aliphatic carbocycles. The van der Waals surface area contributed by atoms with Crippen LogP contribution in [-0.4, -0.2) is 51.2 Å². The van der Waals surface area contributed by atoms with Gasteiger partial charge in [-0.15, -0.1) is 0 Å². The normalized spacial score (nSPS) is 20.3. The summed E-state index contributed by atoms with van der Waals surface area (Å²) in [7, 11) is 1.47. The van der Waals surface area contributed by atoms with Crippen molar-refractivity contribution < 1.29 is 53.8 Å². The maximum Gasteiger partial charge on any atom is 0.345 e. The average Bonchev–Trinajstić information content (AvgIpc) is 3.22. The van der Waals surface area contributed by atoms with E-state index in [9.17, 15) is 34.8 Å². The molecule has 0 radical (unpaired) electrons. The molecular formula is C27H28O11. The Bertz CT molecular complexity index is 1370. The van der Waals surface area contributed by atoms with Crippen molar-refractivity contribution in [2.24, 2.45) is 0 Å². The number of hydrogen-bond acceptors (Lipinski definition) is 11. The minimum atomic E-state index is -2.23. The van der Waals surface area contributed by atoms with E-state index in [2.05, 4.69) is 0 Å². The third-order valence-corrected chi connectivity index (χ3v) is 6.68. The van der Waals surface area contributed by atoms with Gasteiger partial charge < -0.3 is 39.4 Å². The van der Waals surface area contributed by atoms with Crippen LogP contribution in [0.5, 0.6) is 23.0 Å². The third kappa shape index (κ3) is 4.72. The van der Waals surface area contributed by atoms with Crippen LogP contribution in [0.4, 0.5) is 0 Å². The molecule has 202 valence electrons. The summed E-state index contributed by atoms with van der Waals surface area (Å²) in [6, 6.07) is 2.05. The molecule has 0 bridgehead atoms. The maximum absolute atomic E-state index is 12.7. The van der Waals surface area contributed by atoms with Crippen LogP contribution < -0.4 is 4.74 Å². The molecule has 0 saturated heterocycles. The van der Waals surface area contributed by atoms with Crippen molar-refractivity contribution in [3.8, 4) is 23.0 Å². The molecule has 2 aromatic carbocycles. The first-order chi connectivity index (χ1) is 17.9. The van der Waals surface area contributed by atoms with E-state index in [1.54, 1.807) is 19.9 Å². The molecule has 2 aromatic rings. The first kappa shape index (κ1) is 26.8. The molecule has 2 aliphatic heterocycles. The summed E-state index contributed by atoms with van der Waals surface area (Å²) in [5.41, 5.74) is 2.20. The standard InChI is InChI=1S/C27H28O11/c1-12(5-7-15-22(31)21-17(11-36-25(21)32)13(2)23(15)35-4)6-8-19(30)37-24-16-9-14(28)10-18(29)20(16)26(33)38-27(24,3)34/h5,9-10,24,28-29,31,34H,6-8,11H2,1-4H3/b12-5+/t24-,27?/m0/s1. The van der Waals surface area contributed by atoms with Crippen LogP contribution in [0, 0.1) is 6.92 Å². The summed E-state index contributed by atoms with van der Waals surface area (Å²) in [4.78, 5) is 37.0. The van der Waals surface area contributed by atoms with Crippen molar-refractivity contribution in [1.82, 2.24) is 0 Å². The van der Waals surface area contributed by atoms with Gasteiger partial charge in [-0.3, -0.25) is 4.79 Å². The molecular weight excluding hydrogens is 500 g/mol. The van der Waals surface area contributed by atoms with E-state index in [1.807, 2.05) is 0 Å². The fourth-order valence-corrected chi connectivity index (χ4v) is 4.71. The Balaban J connectivity index is 1.48. The second-order valence-corrected chi connectivity index (χ2v) is 9.41. The van der Waals surface area contributed by atoms with E-state index >= 15 is 0 Å². The number of carbonyl (C=O) groups is 3. The molecule has 38 heavy (non-hydrogen) atoms. The monoisotopic (exact) mass is 528 g/mol. The number of carbonyl (C=O) groups excluding carboxylic acids is 3. The van der Waals surface area contributed by atoms with Crippen molar-refractivity contribution in [2.45, 2.75) is 58.5 Å². The van der Waals surface area contributed by atoms with Gasteiger partial charge in [0.1, 0.15) is 40.7 Å². The summed E-state index contributed by atoms with van der Waals surface area (Å²) >= 11 is 0. The highest BCUT2D eigenvalue weighted by Crippen LogP contribution is 2.44. The van der Waals surface area contributed by atoms with Crippen LogP contribution in [-0.2, 0) is 32.0 Å². The zero-order valence-corrected chi connectivity index (χ0v) is 21.3. The van der Waals surface area contributed by atoms with Gasteiger partial charge in [0, 0.05) is 36.1 Å². The Morgan fingerprint density at radius 2 is 1.87 bits per heavy atom. The number of aliphatic hydroxyl groups is 1. The lowest BCUT2D eigenvalue weighted by molar-refractivity contribution is -0.233. The molecule has 2 atom stereocenters. The van der Waals surface area contributed by atoms with Crippen LogP contribution in [0.3, 0.4) is 0 Å². The number of hydrogen-bond donors (Lipinski definition) is 4. The van der Waals surface area contributed by atoms with Crippen molar-refractivity contribution in [3.05, 3.63) is 57.2 Å². The lowest BCUT2D eigenvalue weighted by Gasteiger charge is -2.36. The van der Waals surface area contributed by atoms with E-state index in [1.165, 1.54) is 7.11 Å². The molecule has 11 nitrogen and oxygen atoms in total. The SMILES string of the molecule is COc1c(C)c2c(c(O)c1C/C=C(\C)CCC(=O)O[C@H]1c3cc(O)cc(O)c3C(=O)OC1(C)O)C(=O)OC2. The fourth-order valence-electron chi connectivity index (χ4n) is 4.71. The number of methoxy groups -OCH3 is 1. The molecule has 4 rings (SSSR count). The molecule has 0 amide bonds. The van der Waals surface area contributed by atoms with Crippen molar-refractivity contribution in [2.75, 3.05) is 7.11 Å². The zero-order valence-electron chi connectivity index (χ0n) is 21.3. The Kier molecular flexibility index (Phi) is 6.98. The van der Waals surface area contributed by atoms with E-state index in [-0.39, 0.29) is 54.1 Å². The highest BCUT2D eigenvalue weighted by Gasteiger charge is 2.48. The molecule has 0 aromatic heterocycles. The number of rotatable bonds is 7. The molecule has 11 heteroatoms. The van der Waals surface area contributed by atoms with Gasteiger partial charge in [-0.05, 0) is 38.3 Å². The summed E-state index contributed by atoms with van der Waals surface area (Å²) in [6.45, 7) is 4.75. The number of ether oxygens (including phenoxy) is 4. The number of benzene rings is 2. The van der Waals surface area contributed by atoms with Gasteiger partial charge in [0.05, 0.1) is 7.11 Å². The first-order valence-corrected chi connectivity index (χ1v) is 11.8. The van der Waals surface area contributed by atoms with Gasteiger partial charge in [-0.2, -0.15) is 0 Å². The molecule has 0 spiro atoms. The van der Waals surface area contributed by atoms with E-state index in [0.717, 1.165) is 24.6 Å². The molecule has 0 saturated carbocycles. The maximum atomic E-state index is 12.7. The minimum absolute atomic E-state index is 0.0674. The van der Waals surface area contributed by atoms with Gasteiger partial charge >= 0.3 is 17.9 Å². The van der Waals surface area contributed by atoms with Crippen LogP contribution in [0.2, 0.25) is 0 Å². The smallest absolute Gasteiger partial charge is 0.345 e. The first-order valence-electron chi connectivity index (χ1n) is 11.8. The van der Waals surface area contributed by atoms with E-state index in [4.69, 9.17) is 18.9 Å². The summed E-state index contributed by atoms with van der Waals surface area (Å²) in [6.07, 6.45) is 0.653. The Labute approximate surface area is 217 Å². The van der Waals surface area contributed by atoms with E-state index < -0.39 is 35.5 Å². The molecule has 0 fully saturated rings. The van der Waals surface area contributed by atoms with Crippen LogP contribution >= 0.6 is 0 Å². The van der Waals surface area contributed by atoms with Crippen molar-refractivity contribution >= 4 is 17.9 Å². The van der Waals surface area contributed by atoms with Crippen LogP contribution in [0.15, 0.2) is 23.8 Å². The second kappa shape index (κ2) is 9.90. The Morgan fingerprint density at radius 1 is 1.16 bits per heavy atom. The van der Waals surface area contributed by atoms with Crippen molar-refractivity contribution in [1.29, 1.82) is 0 Å². The largest absolute Gasteiger partial charge is 0.508 e. The van der Waals surface area contributed by atoms with E-state index in [0.29, 0.717) is 22.4 Å². The van der Waals surface area contributed by atoms with Gasteiger partial charge in [-0.1, -0.05) is 11.6 Å².